The Balaban J connectivity index is 2.70. The minimum Gasteiger partial charge on any atom is -0.477 e. The molecule has 1 atom stereocenters. The minimum atomic E-state index is -4.71. The summed E-state index contributed by atoms with van der Waals surface area (Å²) in [6.45, 7) is 0. The first-order valence-electron chi connectivity index (χ1n) is 4.91. The van der Waals surface area contributed by atoms with Gasteiger partial charge in [0.1, 0.15) is 4.88 Å². The van der Waals surface area contributed by atoms with E-state index >= 15 is 0 Å². The fraction of sp³-hybridized carbons (Fsp3) is 0.100. The summed E-state index contributed by atoms with van der Waals surface area (Å²) in [6, 6.07) is 3.71. The molecule has 0 saturated heterocycles. The first-order valence-corrected chi connectivity index (χ1v) is 11.0. The summed E-state index contributed by atoms with van der Waals surface area (Å²) >= 11 is 4.59. The van der Waals surface area contributed by atoms with E-state index in [-0.39, 0.29) is 9.35 Å². The second kappa shape index (κ2) is 5.28. The van der Waals surface area contributed by atoms with E-state index in [0.29, 0.717) is 10.1 Å². The zero-order chi connectivity index (χ0) is 15.3. The summed E-state index contributed by atoms with van der Waals surface area (Å²) in [5, 5.41) is 4.64. The van der Waals surface area contributed by atoms with E-state index in [4.69, 9.17) is 10.00 Å². The van der Waals surface area contributed by atoms with Gasteiger partial charge in [-0.1, -0.05) is 15.9 Å². The van der Waals surface area contributed by atoms with Crippen LogP contribution in [0.5, 0.6) is 0 Å². The zero-order valence-corrected chi connectivity index (χ0v) is 14.8. The van der Waals surface area contributed by atoms with Crippen LogP contribution in [0.1, 0.15) is 15.2 Å². The van der Waals surface area contributed by atoms with E-state index in [1.165, 1.54) is 12.1 Å². The van der Waals surface area contributed by atoms with Crippen LogP contribution in [0, 0.1) is 0 Å². The maximum Gasteiger partial charge on any atom is 0.356 e. The number of rotatable bonds is 3. The van der Waals surface area contributed by atoms with Crippen molar-refractivity contribution in [1.29, 1.82) is 0 Å². The van der Waals surface area contributed by atoms with Crippen LogP contribution in [0.3, 0.4) is 0 Å². The maximum absolute atomic E-state index is 14.0. The molecule has 1 heterocycles. The molecular weight excluding hydrogens is 492 g/mol. The molecule has 0 radical (unpaired) electrons. The van der Waals surface area contributed by atoms with Crippen LogP contribution in [0.2, 0.25) is 0 Å². The molecule has 0 saturated carbocycles. The van der Waals surface area contributed by atoms with Gasteiger partial charge in [0.2, 0.25) is 0 Å². The number of carboxylic acid groups (broad SMARTS) is 1. The van der Waals surface area contributed by atoms with Gasteiger partial charge in [0.05, 0.1) is 0 Å². The Morgan fingerprint density at radius 1 is 1.40 bits per heavy atom. The summed E-state index contributed by atoms with van der Waals surface area (Å²) in [5.74, 6) is -1.16. The highest BCUT2D eigenvalue weighted by molar-refractivity contribution is 14.2. The quantitative estimate of drug-likeness (QED) is 0.461. The summed E-state index contributed by atoms with van der Waals surface area (Å²) in [7, 11) is 0. The van der Waals surface area contributed by atoms with Crippen LogP contribution in [0.15, 0.2) is 22.7 Å². The van der Waals surface area contributed by atoms with Gasteiger partial charge < -0.3 is 10.00 Å². The molecule has 1 aromatic heterocycles. The summed E-state index contributed by atoms with van der Waals surface area (Å²) in [6.07, 6.45) is 0. The van der Waals surface area contributed by atoms with Gasteiger partial charge >= 0.3 is 16.6 Å². The van der Waals surface area contributed by atoms with Crippen molar-refractivity contribution in [3.63, 3.8) is 0 Å². The van der Waals surface area contributed by atoms with Gasteiger partial charge in [-0.05, 0) is 23.6 Å². The number of benzene rings is 1. The zero-order valence-electron chi connectivity index (χ0n) is 9.31. The highest BCUT2D eigenvalue weighted by Crippen LogP contribution is 2.69. The summed E-state index contributed by atoms with van der Waals surface area (Å²) < 4.78 is 39.5. The monoisotopic (exact) mass is 496 g/mol. The molecule has 108 valence electrons. The van der Waals surface area contributed by atoms with Crippen molar-refractivity contribution in [2.24, 2.45) is 0 Å². The first kappa shape index (κ1) is 16.3. The molecule has 1 unspecified atom stereocenters. The first-order chi connectivity index (χ1) is 9.04. The van der Waals surface area contributed by atoms with Crippen LogP contribution in [0.4, 0.5) is 8.78 Å². The van der Waals surface area contributed by atoms with Gasteiger partial charge in [0.15, 0.2) is 0 Å². The molecule has 0 aliphatic rings. The molecule has 2 rings (SSSR count). The topological polar surface area (TPSA) is 74.6 Å². The SMILES string of the molecule is O=C(O)c1cc2cc(Br)c(C(F)(F)P(=O)(O)I)cc2s1. The van der Waals surface area contributed by atoms with Gasteiger partial charge in [-0.25, -0.2) is 4.79 Å². The molecule has 4 nitrogen and oxygen atoms in total. The van der Waals surface area contributed by atoms with E-state index in [9.17, 15) is 18.1 Å². The molecule has 0 aliphatic carbocycles. The van der Waals surface area contributed by atoms with Gasteiger partial charge in [0.25, 0.3) is 0 Å². The Bertz CT molecular complexity index is 757. The van der Waals surface area contributed by atoms with Gasteiger partial charge in [-0.15, -0.1) is 11.3 Å². The molecule has 2 N–H and O–H groups in total. The minimum absolute atomic E-state index is 0.00835. The van der Waals surface area contributed by atoms with Crippen LogP contribution in [-0.2, 0) is 10.2 Å². The van der Waals surface area contributed by atoms with Gasteiger partial charge in [0, 0.05) is 36.8 Å². The van der Waals surface area contributed by atoms with Gasteiger partial charge in [-0.2, -0.15) is 8.78 Å². The third-order valence-electron chi connectivity index (χ3n) is 2.49. The van der Waals surface area contributed by atoms with Crippen molar-refractivity contribution >= 4 is 70.4 Å². The lowest BCUT2D eigenvalue weighted by Gasteiger charge is -2.19. The van der Waals surface area contributed by atoms with E-state index in [1.807, 2.05) is 0 Å². The van der Waals surface area contributed by atoms with Crippen molar-refractivity contribution in [2.75, 3.05) is 0 Å². The Labute approximate surface area is 136 Å². The van der Waals surface area contributed by atoms with Crippen LogP contribution in [0.25, 0.3) is 10.1 Å². The van der Waals surface area contributed by atoms with Crippen molar-refractivity contribution in [3.8, 4) is 0 Å². The number of aromatic carboxylic acids is 1. The molecular formula is C10H5BrF2IO4PS. The van der Waals surface area contributed by atoms with Crippen molar-refractivity contribution in [2.45, 2.75) is 5.66 Å². The molecule has 2 aromatic rings. The molecule has 0 spiro atoms. The number of fused-ring (bicyclic) bond motifs is 1. The predicted molar refractivity (Wildman–Crippen MR) is 84.2 cm³/mol. The van der Waals surface area contributed by atoms with Gasteiger partial charge in [-0.3, -0.25) is 4.57 Å². The number of halogens is 4. The molecule has 0 fully saturated rings. The Morgan fingerprint density at radius 2 is 2.00 bits per heavy atom. The summed E-state index contributed by atoms with van der Waals surface area (Å²) in [4.78, 5) is 20.0. The normalized spacial score (nSPS) is 15.2. The second-order valence-corrected chi connectivity index (χ2v) is 11.3. The predicted octanol–water partition coefficient (Wildman–Crippen LogP) is 5.03. The smallest absolute Gasteiger partial charge is 0.356 e. The second-order valence-electron chi connectivity index (χ2n) is 3.83. The highest BCUT2D eigenvalue weighted by atomic mass is 127. The fourth-order valence-corrected chi connectivity index (χ4v) is 4.49. The van der Waals surface area contributed by atoms with E-state index in [0.717, 1.165) is 39.4 Å². The molecule has 10 heteroatoms. The van der Waals surface area contributed by atoms with Crippen LogP contribution >= 0.6 is 54.3 Å². The number of carbonyl (C=O) groups is 1. The Morgan fingerprint density at radius 3 is 2.50 bits per heavy atom. The van der Waals surface area contributed by atoms with E-state index in [1.54, 1.807) is 0 Å². The van der Waals surface area contributed by atoms with Crippen molar-refractivity contribution < 1.29 is 28.1 Å². The third-order valence-corrected chi connectivity index (χ3v) is 6.98. The average molecular weight is 497 g/mol. The van der Waals surface area contributed by atoms with Crippen LogP contribution < -0.4 is 0 Å². The lowest BCUT2D eigenvalue weighted by molar-refractivity contribution is 0.0702. The number of hydrogen-bond acceptors (Lipinski definition) is 3. The largest absolute Gasteiger partial charge is 0.477 e. The average Bonchev–Trinajstić information content (AvgIpc) is 2.68. The Kier molecular flexibility index (Phi) is 4.29. The fourth-order valence-electron chi connectivity index (χ4n) is 1.54. The molecule has 20 heavy (non-hydrogen) atoms. The highest BCUT2D eigenvalue weighted by Gasteiger charge is 2.50. The lowest BCUT2D eigenvalue weighted by atomic mass is 10.2. The number of hydrogen-bond donors (Lipinski definition) is 2. The van der Waals surface area contributed by atoms with Crippen LogP contribution in [-0.4, -0.2) is 16.0 Å². The van der Waals surface area contributed by atoms with Crippen molar-refractivity contribution in [1.82, 2.24) is 0 Å². The van der Waals surface area contributed by atoms with Crippen molar-refractivity contribution in [3.05, 3.63) is 33.1 Å². The number of carboxylic acids is 1. The molecule has 1 aromatic carbocycles. The Hall–Kier alpha value is -0.0900. The summed E-state index contributed by atoms with van der Waals surface area (Å²) in [5.41, 5.74) is -4.56. The number of thiophene rings is 1. The third kappa shape index (κ3) is 2.78. The molecule has 0 aliphatic heterocycles. The van der Waals surface area contributed by atoms with E-state index < -0.39 is 22.2 Å². The number of alkyl halides is 2. The maximum atomic E-state index is 14.0. The lowest BCUT2D eigenvalue weighted by Crippen LogP contribution is -2.11. The van der Waals surface area contributed by atoms with E-state index in [2.05, 4.69) is 15.9 Å². The standard InChI is InChI=1S/C10H5BrF2IO4PS/c11-6-1-4-2-8(9(15)16)20-7(4)3-5(6)10(12,13)19(14,17)18/h1-3H,(H,15,16)(H,17,18). The molecule has 0 bridgehead atoms. The molecule has 0 amide bonds.